The molecule has 0 aliphatic carbocycles. The Hall–Kier alpha value is -1.14. The van der Waals surface area contributed by atoms with Crippen LogP contribution in [-0.4, -0.2) is 27.3 Å². The summed E-state index contributed by atoms with van der Waals surface area (Å²) in [6.07, 6.45) is 0. The number of nitrogens with one attached hydrogen (secondary N) is 1. The van der Waals surface area contributed by atoms with Crippen LogP contribution in [0.2, 0.25) is 0 Å². The first-order valence-electron chi connectivity index (χ1n) is 4.94. The van der Waals surface area contributed by atoms with Crippen LogP contribution in [0.5, 0.6) is 5.75 Å². The van der Waals surface area contributed by atoms with Crippen molar-refractivity contribution in [2.45, 2.75) is 6.04 Å². The number of halogens is 1. The molecule has 1 aliphatic heterocycles. The van der Waals surface area contributed by atoms with E-state index in [1.165, 1.54) is 0 Å². The minimum absolute atomic E-state index is 0.444. The average molecular weight is 245 g/mol. The van der Waals surface area contributed by atoms with E-state index in [2.05, 4.69) is 5.32 Å². The molecule has 0 spiro atoms. The highest BCUT2D eigenvalue weighted by atomic mass is 32.3. The zero-order valence-corrected chi connectivity index (χ0v) is 9.34. The summed E-state index contributed by atoms with van der Waals surface area (Å²) < 4.78 is 39.5. The lowest BCUT2D eigenvalue weighted by molar-refractivity contribution is 0.324. The largest absolute Gasteiger partial charge is 0.492 e. The molecule has 0 aromatic heterocycles. The van der Waals surface area contributed by atoms with Gasteiger partial charge in [0, 0.05) is 12.1 Å². The second kappa shape index (κ2) is 4.39. The number of hydrogen-bond donors (Lipinski definition) is 1. The molecule has 88 valence electrons. The summed E-state index contributed by atoms with van der Waals surface area (Å²) in [6, 6.07) is 6.51. The van der Waals surface area contributed by atoms with Crippen molar-refractivity contribution in [3.05, 3.63) is 29.8 Å². The van der Waals surface area contributed by atoms with E-state index in [1.807, 2.05) is 0 Å². The van der Waals surface area contributed by atoms with Crippen molar-refractivity contribution in [2.75, 3.05) is 18.9 Å². The van der Waals surface area contributed by atoms with Gasteiger partial charge in [-0.05, 0) is 6.07 Å². The smallest absolute Gasteiger partial charge is 0.304 e. The maximum Gasteiger partial charge on any atom is 0.304 e. The predicted octanol–water partition coefficient (Wildman–Crippen LogP) is 1.01. The van der Waals surface area contributed by atoms with Crippen LogP contribution in [0.25, 0.3) is 0 Å². The van der Waals surface area contributed by atoms with Gasteiger partial charge >= 0.3 is 10.2 Å². The summed E-state index contributed by atoms with van der Waals surface area (Å²) in [5.41, 5.74) is 0.682. The second-order valence-electron chi connectivity index (χ2n) is 3.60. The third kappa shape index (κ3) is 2.70. The van der Waals surface area contributed by atoms with Gasteiger partial charge in [-0.1, -0.05) is 18.2 Å². The lowest BCUT2D eigenvalue weighted by Crippen LogP contribution is -2.27. The Kier molecular flexibility index (Phi) is 3.11. The molecule has 0 radical (unpaired) electrons. The summed E-state index contributed by atoms with van der Waals surface area (Å²) >= 11 is 0. The van der Waals surface area contributed by atoms with Crippen LogP contribution >= 0.6 is 0 Å². The molecule has 0 saturated carbocycles. The molecule has 6 heteroatoms. The number of para-hydroxylation sites is 1. The molecule has 0 amide bonds. The van der Waals surface area contributed by atoms with Crippen LogP contribution in [0.1, 0.15) is 11.6 Å². The zero-order valence-electron chi connectivity index (χ0n) is 8.52. The molecule has 0 fully saturated rings. The maximum absolute atomic E-state index is 12.7. The summed E-state index contributed by atoms with van der Waals surface area (Å²) in [6.45, 7) is 0.939. The third-order valence-corrected chi connectivity index (χ3v) is 3.14. The van der Waals surface area contributed by atoms with E-state index < -0.39 is 22.0 Å². The number of benzene rings is 1. The summed E-state index contributed by atoms with van der Waals surface area (Å²) in [7, 11) is -4.50. The van der Waals surface area contributed by atoms with Crippen molar-refractivity contribution in [1.82, 2.24) is 5.32 Å². The minimum Gasteiger partial charge on any atom is -0.492 e. The van der Waals surface area contributed by atoms with E-state index in [-0.39, 0.29) is 0 Å². The van der Waals surface area contributed by atoms with E-state index in [1.54, 1.807) is 24.3 Å². The van der Waals surface area contributed by atoms with Crippen LogP contribution < -0.4 is 10.1 Å². The van der Waals surface area contributed by atoms with Crippen molar-refractivity contribution >= 4 is 10.2 Å². The average Bonchev–Trinajstić information content (AvgIpc) is 2.39. The van der Waals surface area contributed by atoms with Crippen molar-refractivity contribution in [3.8, 4) is 5.75 Å². The first-order chi connectivity index (χ1) is 7.56. The first-order valence-corrected chi connectivity index (χ1v) is 6.49. The number of ether oxygens (including phenoxy) is 1. The second-order valence-corrected chi connectivity index (χ2v) is 5.01. The first kappa shape index (κ1) is 11.3. The molecular weight excluding hydrogens is 233 g/mol. The summed E-state index contributed by atoms with van der Waals surface area (Å²) in [5, 5.41) is 2.95. The lowest BCUT2D eigenvalue weighted by atomic mass is 10.1. The molecule has 1 aromatic rings. The van der Waals surface area contributed by atoms with Crippen molar-refractivity contribution in [1.29, 1.82) is 0 Å². The quantitative estimate of drug-likeness (QED) is 0.790. The molecule has 1 aliphatic rings. The highest BCUT2D eigenvalue weighted by Crippen LogP contribution is 2.27. The standard InChI is InChI=1S/C10H12FNO3S/c11-16(13,14)7-9-8-3-1-2-4-10(8)15-6-5-12-9/h1-4,9,12H,5-7H2. The van der Waals surface area contributed by atoms with E-state index >= 15 is 0 Å². The molecule has 0 saturated heterocycles. The molecule has 1 N–H and O–H groups in total. The van der Waals surface area contributed by atoms with Gasteiger partial charge in [0.05, 0.1) is 11.8 Å². The Morgan fingerprint density at radius 2 is 2.19 bits per heavy atom. The fourth-order valence-corrected chi connectivity index (χ4v) is 2.45. The van der Waals surface area contributed by atoms with E-state index in [9.17, 15) is 12.3 Å². The molecule has 1 unspecified atom stereocenters. The van der Waals surface area contributed by atoms with Gasteiger partial charge < -0.3 is 10.1 Å². The molecule has 16 heavy (non-hydrogen) atoms. The van der Waals surface area contributed by atoms with Crippen molar-refractivity contribution in [2.24, 2.45) is 0 Å². The Bertz CT molecular complexity index is 475. The fraction of sp³-hybridized carbons (Fsp3) is 0.400. The highest BCUT2D eigenvalue weighted by molar-refractivity contribution is 7.86. The van der Waals surface area contributed by atoms with Crippen molar-refractivity contribution < 1.29 is 17.0 Å². The van der Waals surface area contributed by atoms with Crippen LogP contribution in [0, 0.1) is 0 Å². The van der Waals surface area contributed by atoms with Gasteiger partial charge in [0.25, 0.3) is 0 Å². The highest BCUT2D eigenvalue weighted by Gasteiger charge is 2.24. The maximum atomic E-state index is 12.7. The Morgan fingerprint density at radius 3 is 2.94 bits per heavy atom. The lowest BCUT2D eigenvalue weighted by Gasteiger charge is -2.14. The monoisotopic (exact) mass is 245 g/mol. The van der Waals surface area contributed by atoms with Gasteiger partial charge in [-0.25, -0.2) is 0 Å². The normalized spacial score (nSPS) is 20.7. The molecule has 2 rings (SSSR count). The van der Waals surface area contributed by atoms with Crippen LogP contribution in [0.15, 0.2) is 24.3 Å². The molecule has 1 aromatic carbocycles. The van der Waals surface area contributed by atoms with Gasteiger partial charge in [0.1, 0.15) is 12.4 Å². The minimum atomic E-state index is -4.50. The van der Waals surface area contributed by atoms with Gasteiger partial charge in [0.2, 0.25) is 0 Å². The van der Waals surface area contributed by atoms with Crippen LogP contribution in [0.3, 0.4) is 0 Å². The molecular formula is C10H12FNO3S. The summed E-state index contributed by atoms with van der Waals surface area (Å²) in [5.74, 6) is 0.0500. The van der Waals surface area contributed by atoms with Crippen LogP contribution in [-0.2, 0) is 10.2 Å². The molecule has 0 bridgehead atoms. The number of hydrogen-bond acceptors (Lipinski definition) is 4. The predicted molar refractivity (Wildman–Crippen MR) is 57.6 cm³/mol. The molecule has 1 atom stereocenters. The van der Waals surface area contributed by atoms with E-state index in [0.717, 1.165) is 0 Å². The zero-order chi connectivity index (χ0) is 11.6. The Balaban J connectivity index is 2.32. The number of fused-ring (bicyclic) bond motifs is 1. The van der Waals surface area contributed by atoms with E-state index in [0.29, 0.717) is 24.5 Å². The van der Waals surface area contributed by atoms with E-state index in [4.69, 9.17) is 4.74 Å². The Labute approximate surface area is 93.6 Å². The SMILES string of the molecule is O=S(=O)(F)CC1NCCOc2ccccc21. The third-order valence-electron chi connectivity index (χ3n) is 2.41. The summed E-state index contributed by atoms with van der Waals surface area (Å²) in [4.78, 5) is 0. The van der Waals surface area contributed by atoms with Gasteiger partial charge in [0.15, 0.2) is 0 Å². The van der Waals surface area contributed by atoms with Gasteiger partial charge in [-0.3, -0.25) is 0 Å². The Morgan fingerprint density at radius 1 is 1.44 bits per heavy atom. The van der Waals surface area contributed by atoms with Gasteiger partial charge in [-0.2, -0.15) is 8.42 Å². The van der Waals surface area contributed by atoms with Crippen molar-refractivity contribution in [3.63, 3.8) is 0 Å². The molecule has 1 heterocycles. The number of rotatable bonds is 2. The topological polar surface area (TPSA) is 55.4 Å². The molecule has 4 nitrogen and oxygen atoms in total. The fourth-order valence-electron chi connectivity index (χ4n) is 1.75. The van der Waals surface area contributed by atoms with Gasteiger partial charge in [-0.15, -0.1) is 3.89 Å². The van der Waals surface area contributed by atoms with Crippen LogP contribution in [0.4, 0.5) is 3.89 Å².